The van der Waals surface area contributed by atoms with Crippen molar-refractivity contribution >= 4 is 40.6 Å². The molecule has 0 amide bonds. The average molecular weight is 453 g/mol. The summed E-state index contributed by atoms with van der Waals surface area (Å²) in [7, 11) is 1.82. The Bertz CT molecular complexity index is 1300. The van der Waals surface area contributed by atoms with Crippen LogP contribution in [0.25, 0.3) is 33.7 Å². The molecule has 0 aliphatic rings. The van der Waals surface area contributed by atoms with E-state index in [1.165, 1.54) is 12.1 Å². The molecular formula is C23H22F4N4Na. The van der Waals surface area contributed by atoms with Crippen molar-refractivity contribution in [3.63, 3.8) is 0 Å². The van der Waals surface area contributed by atoms with Gasteiger partial charge in [-0.2, -0.15) is 18.3 Å². The minimum Gasteiger partial charge on any atom is -0.337 e. The number of halogens is 4. The van der Waals surface area contributed by atoms with Crippen molar-refractivity contribution in [2.45, 2.75) is 39.3 Å². The summed E-state index contributed by atoms with van der Waals surface area (Å²) in [5.41, 5.74) is 2.29. The quantitative estimate of drug-likeness (QED) is 0.298. The Morgan fingerprint density at radius 1 is 1.03 bits per heavy atom. The van der Waals surface area contributed by atoms with Gasteiger partial charge in [0.1, 0.15) is 11.5 Å². The van der Waals surface area contributed by atoms with E-state index in [2.05, 4.69) is 35.8 Å². The van der Waals surface area contributed by atoms with Crippen molar-refractivity contribution in [1.82, 2.24) is 19.7 Å². The third-order valence-corrected chi connectivity index (χ3v) is 5.31. The summed E-state index contributed by atoms with van der Waals surface area (Å²) < 4.78 is 56.5. The molecule has 1 N–H and O–H groups in total. The number of aromatic amines is 1. The van der Waals surface area contributed by atoms with Gasteiger partial charge in [-0.15, -0.1) is 0 Å². The van der Waals surface area contributed by atoms with Crippen LogP contribution in [0.2, 0.25) is 0 Å². The number of aryl methyl sites for hydroxylation is 1. The first-order valence-corrected chi connectivity index (χ1v) is 9.78. The number of fused-ring (bicyclic) bond motifs is 1. The number of H-pyrrole nitrogens is 1. The Labute approximate surface area is 205 Å². The number of hydrogen-bond donors (Lipinski definition) is 1. The smallest absolute Gasteiger partial charge is 0.337 e. The molecule has 32 heavy (non-hydrogen) atoms. The van der Waals surface area contributed by atoms with Gasteiger partial charge in [0.2, 0.25) is 0 Å². The number of imidazole rings is 1. The molecule has 9 heteroatoms. The molecule has 4 nitrogen and oxygen atoms in total. The molecule has 2 heterocycles. The summed E-state index contributed by atoms with van der Waals surface area (Å²) in [6, 6.07) is 7.52. The third kappa shape index (κ3) is 4.23. The van der Waals surface area contributed by atoms with Gasteiger partial charge in [-0.3, -0.25) is 4.68 Å². The summed E-state index contributed by atoms with van der Waals surface area (Å²) in [6.07, 6.45) is -4.67. The zero-order valence-electron chi connectivity index (χ0n) is 18.8. The van der Waals surface area contributed by atoms with E-state index in [1.807, 2.05) is 14.0 Å². The van der Waals surface area contributed by atoms with Crippen molar-refractivity contribution in [2.24, 2.45) is 7.05 Å². The molecule has 0 aliphatic carbocycles. The molecule has 0 atom stereocenters. The van der Waals surface area contributed by atoms with Crippen LogP contribution in [-0.4, -0.2) is 49.3 Å². The first-order chi connectivity index (χ1) is 14.4. The molecule has 163 valence electrons. The van der Waals surface area contributed by atoms with Crippen molar-refractivity contribution < 1.29 is 17.6 Å². The van der Waals surface area contributed by atoms with E-state index in [1.54, 1.807) is 10.7 Å². The van der Waals surface area contributed by atoms with Crippen LogP contribution in [0, 0.1) is 12.7 Å². The molecule has 4 rings (SSSR count). The first kappa shape index (κ1) is 24.5. The second-order valence-electron chi connectivity index (χ2n) is 8.67. The molecule has 0 unspecified atom stereocenters. The van der Waals surface area contributed by atoms with Crippen molar-refractivity contribution in [2.75, 3.05) is 0 Å². The van der Waals surface area contributed by atoms with E-state index in [-0.39, 0.29) is 40.5 Å². The van der Waals surface area contributed by atoms with Crippen molar-refractivity contribution in [3.8, 4) is 22.6 Å². The van der Waals surface area contributed by atoms with Gasteiger partial charge < -0.3 is 4.98 Å². The van der Waals surface area contributed by atoms with Gasteiger partial charge in [-0.05, 0) is 36.8 Å². The van der Waals surface area contributed by atoms with Crippen LogP contribution in [-0.2, 0) is 18.6 Å². The van der Waals surface area contributed by atoms with E-state index in [0.717, 1.165) is 35.2 Å². The monoisotopic (exact) mass is 453 g/mol. The molecule has 4 aromatic rings. The maximum Gasteiger partial charge on any atom is 0.417 e. The molecule has 0 spiro atoms. The Kier molecular flexibility index (Phi) is 6.36. The maximum absolute atomic E-state index is 14.4. The van der Waals surface area contributed by atoms with Crippen LogP contribution in [0.3, 0.4) is 0 Å². The molecular weight excluding hydrogens is 431 g/mol. The van der Waals surface area contributed by atoms with Gasteiger partial charge in [0.15, 0.2) is 5.82 Å². The predicted octanol–water partition coefficient (Wildman–Crippen LogP) is 6.01. The molecule has 0 saturated carbocycles. The van der Waals surface area contributed by atoms with Crippen molar-refractivity contribution in [3.05, 3.63) is 59.0 Å². The topological polar surface area (TPSA) is 46.5 Å². The maximum atomic E-state index is 14.4. The zero-order valence-corrected chi connectivity index (χ0v) is 20.8. The van der Waals surface area contributed by atoms with Gasteiger partial charge in [0, 0.05) is 53.1 Å². The van der Waals surface area contributed by atoms with Crippen LogP contribution >= 0.6 is 0 Å². The predicted molar refractivity (Wildman–Crippen MR) is 118 cm³/mol. The number of aromatic nitrogens is 4. The molecule has 2 aromatic carbocycles. The number of alkyl halides is 3. The first-order valence-electron chi connectivity index (χ1n) is 9.78. The van der Waals surface area contributed by atoms with Gasteiger partial charge in [0.05, 0.1) is 22.3 Å². The summed E-state index contributed by atoms with van der Waals surface area (Å²) in [6.45, 7) is 8.19. The fraction of sp³-hybridized carbons (Fsp3) is 0.304. The van der Waals surface area contributed by atoms with Gasteiger partial charge in [-0.25, -0.2) is 9.37 Å². The van der Waals surface area contributed by atoms with E-state index in [4.69, 9.17) is 0 Å². The normalized spacial score (nSPS) is 12.3. The van der Waals surface area contributed by atoms with Crippen molar-refractivity contribution in [1.29, 1.82) is 0 Å². The van der Waals surface area contributed by atoms with Gasteiger partial charge >= 0.3 is 6.18 Å². The van der Waals surface area contributed by atoms with E-state index < -0.39 is 23.1 Å². The summed E-state index contributed by atoms with van der Waals surface area (Å²) >= 11 is 0. The van der Waals surface area contributed by atoms with Crippen LogP contribution in [0.5, 0.6) is 0 Å². The molecule has 1 radical (unpaired) electrons. The third-order valence-electron chi connectivity index (χ3n) is 5.31. The Hall–Kier alpha value is -2.16. The van der Waals surface area contributed by atoms with Crippen LogP contribution in [0.4, 0.5) is 17.6 Å². The number of nitrogens with zero attached hydrogens (tertiary/aromatic N) is 3. The summed E-state index contributed by atoms with van der Waals surface area (Å²) in [5.74, 6) is -0.369. The van der Waals surface area contributed by atoms with Crippen LogP contribution in [0.15, 0.2) is 36.4 Å². The fourth-order valence-corrected chi connectivity index (χ4v) is 4.00. The molecule has 0 aliphatic heterocycles. The SMILES string of the molecule is Cc1c(C(C)(C)C)nn(C)c1-c1nc2ccc(-c3c(F)cccc3C(F)(F)F)cc2[nH]1.[Na]. The Morgan fingerprint density at radius 2 is 1.72 bits per heavy atom. The summed E-state index contributed by atoms with van der Waals surface area (Å²) in [4.78, 5) is 7.77. The molecule has 0 fully saturated rings. The van der Waals surface area contributed by atoms with E-state index in [0.29, 0.717) is 16.9 Å². The van der Waals surface area contributed by atoms with E-state index >= 15 is 0 Å². The van der Waals surface area contributed by atoms with Crippen LogP contribution in [0.1, 0.15) is 37.6 Å². The largest absolute Gasteiger partial charge is 0.417 e. The molecule has 2 aromatic heterocycles. The Balaban J connectivity index is 0.00000289. The van der Waals surface area contributed by atoms with Crippen LogP contribution < -0.4 is 0 Å². The number of nitrogens with one attached hydrogen (secondary N) is 1. The minimum atomic E-state index is -4.67. The molecule has 0 bridgehead atoms. The van der Waals surface area contributed by atoms with Gasteiger partial charge in [-0.1, -0.05) is 32.9 Å². The Morgan fingerprint density at radius 3 is 2.31 bits per heavy atom. The number of benzene rings is 2. The molecule has 0 saturated heterocycles. The summed E-state index contributed by atoms with van der Waals surface area (Å²) in [5, 5.41) is 4.63. The number of rotatable bonds is 2. The standard InChI is InChI=1S/C23H22F4N4.Na/c1-12-19(31(5)30-20(12)22(2,3)4)21-28-16-10-9-13(11-17(16)29-21)18-14(23(25,26)27)7-6-8-15(18)24;/h6-11H,1-5H3,(H,28,29);. The fourth-order valence-electron chi connectivity index (χ4n) is 4.00. The average Bonchev–Trinajstić information content (AvgIpc) is 3.19. The second-order valence-corrected chi connectivity index (χ2v) is 8.67. The van der Waals surface area contributed by atoms with E-state index in [9.17, 15) is 17.6 Å². The second kappa shape index (κ2) is 8.32. The zero-order chi connectivity index (χ0) is 22.7. The minimum absolute atomic E-state index is 0. The van der Waals surface area contributed by atoms with Gasteiger partial charge in [0.25, 0.3) is 0 Å². The number of hydrogen-bond acceptors (Lipinski definition) is 2.